The van der Waals surface area contributed by atoms with Crippen molar-refractivity contribution in [2.24, 2.45) is 0 Å². The van der Waals surface area contributed by atoms with Gasteiger partial charge in [0.15, 0.2) is 0 Å². The number of aliphatic hydroxyl groups is 1. The zero-order chi connectivity index (χ0) is 17.9. The predicted molar refractivity (Wildman–Crippen MR) is 99.6 cm³/mol. The third-order valence-electron chi connectivity index (χ3n) is 4.93. The number of fused-ring (bicyclic) bond motifs is 3. The van der Waals surface area contributed by atoms with Crippen LogP contribution in [0, 0.1) is 0 Å². The molecule has 0 radical (unpaired) electrons. The minimum Gasteiger partial charge on any atom is -0.457 e. The maximum atomic E-state index is 12.4. The van der Waals surface area contributed by atoms with Crippen molar-refractivity contribution in [3.8, 4) is 0 Å². The second kappa shape index (κ2) is 7.44. The first-order chi connectivity index (χ1) is 12.7. The van der Waals surface area contributed by atoms with Crippen molar-refractivity contribution in [3.63, 3.8) is 0 Å². The first-order valence-corrected chi connectivity index (χ1v) is 9.04. The highest BCUT2D eigenvalue weighted by atomic mass is 16.6. The number of rotatable bonds is 1. The summed E-state index contributed by atoms with van der Waals surface area (Å²) < 4.78 is 11.6. The van der Waals surface area contributed by atoms with Crippen molar-refractivity contribution in [1.82, 2.24) is 0 Å². The molecule has 2 aromatic carbocycles. The summed E-state index contributed by atoms with van der Waals surface area (Å²) >= 11 is 0. The molecule has 2 aromatic rings. The minimum atomic E-state index is -0.775. The fourth-order valence-electron chi connectivity index (χ4n) is 3.50. The van der Waals surface area contributed by atoms with Gasteiger partial charge < -0.3 is 14.6 Å². The fourth-order valence-corrected chi connectivity index (χ4v) is 3.50. The first-order valence-electron chi connectivity index (χ1n) is 9.04. The molecule has 2 aliphatic heterocycles. The Labute approximate surface area is 152 Å². The Bertz CT molecular complexity index is 854. The second-order valence-electron chi connectivity index (χ2n) is 6.82. The summed E-state index contributed by atoms with van der Waals surface area (Å²) in [6, 6.07) is 14.3. The highest BCUT2D eigenvalue weighted by Crippen LogP contribution is 2.28. The van der Waals surface area contributed by atoms with Gasteiger partial charge in [0, 0.05) is 6.42 Å². The lowest BCUT2D eigenvalue weighted by Crippen LogP contribution is -2.37. The van der Waals surface area contributed by atoms with E-state index >= 15 is 0 Å². The highest BCUT2D eigenvalue weighted by Gasteiger charge is 2.29. The number of aliphatic hydroxyl groups excluding tert-OH is 1. The van der Waals surface area contributed by atoms with Gasteiger partial charge in [-0.3, -0.25) is 4.79 Å². The summed E-state index contributed by atoms with van der Waals surface area (Å²) in [5, 5.41) is 12.3. The quantitative estimate of drug-likeness (QED) is 0.627. The average molecular weight is 350 g/mol. The van der Waals surface area contributed by atoms with Crippen LogP contribution in [0.15, 0.2) is 66.8 Å². The van der Waals surface area contributed by atoms with E-state index in [0.29, 0.717) is 6.42 Å². The number of hydrogen-bond donors (Lipinski definition) is 1. The molecule has 0 aromatic heterocycles. The molecular weight excluding hydrogens is 328 g/mol. The van der Waals surface area contributed by atoms with Gasteiger partial charge >= 0.3 is 5.97 Å². The van der Waals surface area contributed by atoms with Crippen LogP contribution in [0.1, 0.15) is 30.9 Å². The number of carbonyl (C=O) groups is 1. The van der Waals surface area contributed by atoms with Crippen LogP contribution in [0.2, 0.25) is 0 Å². The van der Waals surface area contributed by atoms with E-state index in [1.165, 1.54) is 0 Å². The molecule has 4 nitrogen and oxygen atoms in total. The molecule has 2 aliphatic rings. The van der Waals surface area contributed by atoms with E-state index in [9.17, 15) is 9.90 Å². The Morgan fingerprint density at radius 1 is 0.962 bits per heavy atom. The normalized spacial score (nSPS) is 30.4. The van der Waals surface area contributed by atoms with Gasteiger partial charge in [-0.15, -0.1) is 0 Å². The predicted octanol–water partition coefficient (Wildman–Crippen LogP) is 3.85. The van der Waals surface area contributed by atoms with Crippen molar-refractivity contribution < 1.29 is 19.4 Å². The lowest BCUT2D eigenvalue weighted by molar-refractivity contribution is -0.156. The molecule has 2 heterocycles. The highest BCUT2D eigenvalue weighted by molar-refractivity contribution is 5.83. The molecule has 0 spiro atoms. The van der Waals surface area contributed by atoms with Gasteiger partial charge in [-0.1, -0.05) is 60.7 Å². The zero-order valence-corrected chi connectivity index (χ0v) is 14.5. The second-order valence-corrected chi connectivity index (χ2v) is 6.82. The van der Waals surface area contributed by atoms with Crippen LogP contribution in [-0.2, 0) is 14.3 Å². The number of esters is 1. The summed E-state index contributed by atoms with van der Waals surface area (Å²) in [4.78, 5) is 12.4. The van der Waals surface area contributed by atoms with Gasteiger partial charge in [0.2, 0.25) is 0 Å². The van der Waals surface area contributed by atoms with Gasteiger partial charge in [0.1, 0.15) is 6.10 Å². The van der Waals surface area contributed by atoms with Crippen LogP contribution in [0.25, 0.3) is 10.8 Å². The minimum absolute atomic E-state index is 0.0477. The lowest BCUT2D eigenvalue weighted by Gasteiger charge is -2.28. The molecule has 4 heteroatoms. The van der Waals surface area contributed by atoms with E-state index in [0.717, 1.165) is 22.8 Å². The summed E-state index contributed by atoms with van der Waals surface area (Å²) in [5.74, 6) is -0.350. The molecule has 134 valence electrons. The first kappa shape index (κ1) is 17.0. The standard InChI is InChI=1S/C22H22O4/c23-19-12-11-18-7-3-4-8-20(26-22(24)14-21(19)25-18)17-10-9-15-5-1-2-6-16(15)13-17/h1-6,9-13,18-21,23H,7-8,14H2/b4-3-/t18-,19+,20-,21-/m1/s1. The fraction of sp³-hybridized carbons (Fsp3) is 0.318. The molecular formula is C22H22O4. The zero-order valence-electron chi connectivity index (χ0n) is 14.5. The van der Waals surface area contributed by atoms with E-state index in [1.54, 1.807) is 6.08 Å². The molecule has 26 heavy (non-hydrogen) atoms. The Morgan fingerprint density at radius 2 is 1.77 bits per heavy atom. The van der Waals surface area contributed by atoms with Crippen molar-refractivity contribution in [1.29, 1.82) is 0 Å². The number of cyclic esters (lactones) is 1. The molecule has 2 bridgehead atoms. The third kappa shape index (κ3) is 3.71. The summed E-state index contributed by atoms with van der Waals surface area (Å²) in [7, 11) is 0. The summed E-state index contributed by atoms with van der Waals surface area (Å²) in [5.41, 5.74) is 0.975. The Hall–Kier alpha value is -2.43. The molecule has 0 aliphatic carbocycles. The van der Waals surface area contributed by atoms with Gasteiger partial charge in [0.25, 0.3) is 0 Å². The SMILES string of the molecule is O=C1C[C@H]2O[C@@H](C=C[C@@H]2O)C/C=C\C[C@H](c2ccc3ccccc3c2)O1. The van der Waals surface area contributed by atoms with Crippen LogP contribution >= 0.6 is 0 Å². The molecule has 0 amide bonds. The summed E-state index contributed by atoms with van der Waals surface area (Å²) in [6.07, 6.45) is 7.26. The monoisotopic (exact) mass is 350 g/mol. The topological polar surface area (TPSA) is 55.8 Å². The third-order valence-corrected chi connectivity index (χ3v) is 4.93. The van der Waals surface area contributed by atoms with Crippen molar-refractivity contribution in [2.45, 2.75) is 43.7 Å². The average Bonchev–Trinajstić information content (AvgIpc) is 2.68. The molecule has 4 rings (SSSR count). The maximum absolute atomic E-state index is 12.4. The largest absolute Gasteiger partial charge is 0.457 e. The van der Waals surface area contributed by atoms with Gasteiger partial charge in [-0.05, 0) is 28.8 Å². The van der Waals surface area contributed by atoms with Crippen LogP contribution in [0.4, 0.5) is 0 Å². The Kier molecular flexibility index (Phi) is 4.87. The Morgan fingerprint density at radius 3 is 2.65 bits per heavy atom. The van der Waals surface area contributed by atoms with Gasteiger partial charge in [0.05, 0.1) is 24.7 Å². The molecule has 0 saturated heterocycles. The van der Waals surface area contributed by atoms with Crippen LogP contribution < -0.4 is 0 Å². The Balaban J connectivity index is 1.60. The molecule has 1 N–H and O–H groups in total. The lowest BCUT2D eigenvalue weighted by atomic mass is 10.0. The van der Waals surface area contributed by atoms with Crippen molar-refractivity contribution >= 4 is 16.7 Å². The van der Waals surface area contributed by atoms with Crippen LogP contribution in [-0.4, -0.2) is 29.4 Å². The number of hydrogen-bond acceptors (Lipinski definition) is 4. The van der Waals surface area contributed by atoms with Gasteiger partial charge in [-0.25, -0.2) is 0 Å². The number of benzene rings is 2. The van der Waals surface area contributed by atoms with Gasteiger partial charge in [-0.2, -0.15) is 0 Å². The summed E-state index contributed by atoms with van der Waals surface area (Å²) in [6.45, 7) is 0. The van der Waals surface area contributed by atoms with E-state index in [1.807, 2.05) is 30.4 Å². The van der Waals surface area contributed by atoms with E-state index in [4.69, 9.17) is 9.47 Å². The van der Waals surface area contributed by atoms with Crippen LogP contribution in [0.3, 0.4) is 0 Å². The van der Waals surface area contributed by atoms with Crippen molar-refractivity contribution in [3.05, 3.63) is 72.3 Å². The van der Waals surface area contributed by atoms with E-state index < -0.39 is 12.2 Å². The maximum Gasteiger partial charge on any atom is 0.309 e. The molecule has 4 atom stereocenters. The number of carbonyl (C=O) groups excluding carboxylic acids is 1. The molecule has 0 unspecified atom stereocenters. The number of ether oxygens (including phenoxy) is 2. The smallest absolute Gasteiger partial charge is 0.309 e. The van der Waals surface area contributed by atoms with E-state index in [2.05, 4.69) is 30.3 Å². The molecule has 0 fully saturated rings. The van der Waals surface area contributed by atoms with Crippen LogP contribution in [0.5, 0.6) is 0 Å². The molecule has 0 saturated carbocycles. The van der Waals surface area contributed by atoms with Crippen molar-refractivity contribution in [2.75, 3.05) is 0 Å². The van der Waals surface area contributed by atoms with E-state index in [-0.39, 0.29) is 24.6 Å².